The number of likely N-dealkylation sites (tertiary alicyclic amines) is 1. The summed E-state index contributed by atoms with van der Waals surface area (Å²) in [5.41, 5.74) is 2.29. The molecule has 2 aromatic rings. The number of aryl methyl sites for hydroxylation is 1. The van der Waals surface area contributed by atoms with Crippen LogP contribution in [0.25, 0.3) is 0 Å². The van der Waals surface area contributed by atoms with E-state index in [2.05, 4.69) is 11.2 Å². The SMILES string of the molecule is Cc1ccn(CC(=O)N2CC3(COc4ccccc4C3)C2)n1. The molecule has 2 aliphatic rings. The molecular weight excluding hydrogens is 278 g/mol. The summed E-state index contributed by atoms with van der Waals surface area (Å²) in [4.78, 5) is 14.2. The van der Waals surface area contributed by atoms with Crippen molar-refractivity contribution in [3.05, 3.63) is 47.8 Å². The Morgan fingerprint density at radius 1 is 1.32 bits per heavy atom. The zero-order valence-corrected chi connectivity index (χ0v) is 12.7. The first-order valence-corrected chi connectivity index (χ1v) is 7.62. The lowest BCUT2D eigenvalue weighted by Crippen LogP contribution is -2.63. The zero-order chi connectivity index (χ0) is 15.2. The lowest BCUT2D eigenvalue weighted by Gasteiger charge is -2.51. The van der Waals surface area contributed by atoms with E-state index in [9.17, 15) is 4.79 Å². The molecule has 5 heteroatoms. The number of carbonyl (C=O) groups is 1. The fourth-order valence-electron chi connectivity index (χ4n) is 3.41. The van der Waals surface area contributed by atoms with E-state index >= 15 is 0 Å². The van der Waals surface area contributed by atoms with Crippen molar-refractivity contribution in [2.45, 2.75) is 19.9 Å². The second kappa shape index (κ2) is 4.87. The van der Waals surface area contributed by atoms with E-state index in [0.29, 0.717) is 13.2 Å². The van der Waals surface area contributed by atoms with E-state index in [1.165, 1.54) is 5.56 Å². The van der Waals surface area contributed by atoms with Gasteiger partial charge in [-0.15, -0.1) is 0 Å². The molecule has 0 unspecified atom stereocenters. The second-order valence-electron chi connectivity index (χ2n) is 6.48. The van der Waals surface area contributed by atoms with Gasteiger partial charge in [-0.05, 0) is 31.0 Å². The fraction of sp³-hybridized carbons (Fsp3) is 0.412. The molecule has 0 bridgehead atoms. The maximum absolute atomic E-state index is 12.3. The van der Waals surface area contributed by atoms with E-state index < -0.39 is 0 Å². The van der Waals surface area contributed by atoms with E-state index in [4.69, 9.17) is 4.74 Å². The van der Waals surface area contributed by atoms with Crippen LogP contribution in [0.1, 0.15) is 11.3 Å². The minimum absolute atomic E-state index is 0.101. The number of hydrogen-bond acceptors (Lipinski definition) is 3. The van der Waals surface area contributed by atoms with Gasteiger partial charge in [0.15, 0.2) is 0 Å². The van der Waals surface area contributed by atoms with Gasteiger partial charge < -0.3 is 9.64 Å². The molecule has 0 radical (unpaired) electrons. The van der Waals surface area contributed by atoms with Crippen molar-refractivity contribution in [1.82, 2.24) is 14.7 Å². The van der Waals surface area contributed by atoms with Gasteiger partial charge in [0.25, 0.3) is 0 Å². The number of ether oxygens (including phenoxy) is 1. The van der Waals surface area contributed by atoms with Crippen LogP contribution < -0.4 is 4.74 Å². The van der Waals surface area contributed by atoms with Crippen LogP contribution in [0.5, 0.6) is 5.75 Å². The largest absolute Gasteiger partial charge is 0.493 e. The highest BCUT2D eigenvalue weighted by molar-refractivity contribution is 5.77. The molecule has 4 rings (SSSR count). The molecule has 1 amide bonds. The molecule has 3 heterocycles. The van der Waals surface area contributed by atoms with Crippen LogP contribution in [0.15, 0.2) is 36.5 Å². The van der Waals surface area contributed by atoms with Gasteiger partial charge in [-0.1, -0.05) is 18.2 Å². The molecule has 1 saturated heterocycles. The first-order chi connectivity index (χ1) is 10.6. The number of hydrogen-bond donors (Lipinski definition) is 0. The number of nitrogens with zero attached hydrogens (tertiary/aromatic N) is 3. The molecule has 5 nitrogen and oxygen atoms in total. The molecule has 1 aromatic heterocycles. The second-order valence-corrected chi connectivity index (χ2v) is 6.48. The smallest absolute Gasteiger partial charge is 0.244 e. The summed E-state index contributed by atoms with van der Waals surface area (Å²) in [5, 5.41) is 4.27. The maximum atomic E-state index is 12.3. The van der Waals surface area contributed by atoms with E-state index in [1.54, 1.807) is 4.68 Å². The molecule has 0 aliphatic carbocycles. The van der Waals surface area contributed by atoms with Crippen molar-refractivity contribution in [1.29, 1.82) is 0 Å². The number of rotatable bonds is 2. The van der Waals surface area contributed by atoms with Gasteiger partial charge in [0.2, 0.25) is 5.91 Å². The van der Waals surface area contributed by atoms with E-state index in [1.807, 2.05) is 42.3 Å². The third-order valence-electron chi connectivity index (χ3n) is 4.55. The Morgan fingerprint density at radius 2 is 2.14 bits per heavy atom. The summed E-state index contributed by atoms with van der Waals surface area (Å²) in [6.07, 6.45) is 2.84. The highest BCUT2D eigenvalue weighted by Gasteiger charge is 2.47. The standard InChI is InChI=1S/C17H19N3O2/c1-13-6-7-20(18-13)9-16(21)19-10-17(11-19)8-14-4-2-3-5-15(14)22-12-17/h2-7H,8-12H2,1H3. The summed E-state index contributed by atoms with van der Waals surface area (Å²) in [6.45, 7) is 4.51. The van der Waals surface area contributed by atoms with Crippen LogP contribution in [0.4, 0.5) is 0 Å². The molecule has 0 atom stereocenters. The zero-order valence-electron chi connectivity index (χ0n) is 12.7. The average Bonchev–Trinajstić information content (AvgIpc) is 2.89. The molecule has 22 heavy (non-hydrogen) atoms. The molecule has 114 valence electrons. The Morgan fingerprint density at radius 3 is 2.91 bits per heavy atom. The molecule has 0 saturated carbocycles. The van der Waals surface area contributed by atoms with Crippen LogP contribution in [-0.2, 0) is 17.8 Å². The minimum atomic E-state index is 0.101. The number of amides is 1. The lowest BCUT2D eigenvalue weighted by atomic mass is 9.74. The Hall–Kier alpha value is -2.30. The normalized spacial score (nSPS) is 18.5. The van der Waals surface area contributed by atoms with Crippen LogP contribution in [0, 0.1) is 12.3 Å². The third-order valence-corrected chi connectivity index (χ3v) is 4.55. The summed E-state index contributed by atoms with van der Waals surface area (Å²) in [7, 11) is 0. The number of aromatic nitrogens is 2. The minimum Gasteiger partial charge on any atom is -0.493 e. The van der Waals surface area contributed by atoms with Crippen molar-refractivity contribution in [2.75, 3.05) is 19.7 Å². The Bertz CT molecular complexity index is 716. The molecule has 0 N–H and O–H groups in total. The van der Waals surface area contributed by atoms with Crippen LogP contribution in [-0.4, -0.2) is 40.3 Å². The van der Waals surface area contributed by atoms with Gasteiger partial charge in [-0.25, -0.2) is 0 Å². The molecule has 1 aromatic carbocycles. The van der Waals surface area contributed by atoms with Gasteiger partial charge >= 0.3 is 0 Å². The van der Waals surface area contributed by atoms with Crippen LogP contribution in [0.3, 0.4) is 0 Å². The van der Waals surface area contributed by atoms with Gasteiger partial charge in [0.05, 0.1) is 12.3 Å². The van der Waals surface area contributed by atoms with Gasteiger partial charge in [-0.3, -0.25) is 9.48 Å². The number of para-hydroxylation sites is 1. The van der Waals surface area contributed by atoms with Gasteiger partial charge in [-0.2, -0.15) is 5.10 Å². The first kappa shape index (κ1) is 13.4. The quantitative estimate of drug-likeness (QED) is 0.847. The van der Waals surface area contributed by atoms with Crippen molar-refractivity contribution >= 4 is 5.91 Å². The number of fused-ring (bicyclic) bond motifs is 1. The average molecular weight is 297 g/mol. The molecular formula is C17H19N3O2. The highest BCUT2D eigenvalue weighted by Crippen LogP contribution is 2.40. The summed E-state index contributed by atoms with van der Waals surface area (Å²) in [5.74, 6) is 1.12. The van der Waals surface area contributed by atoms with Crippen LogP contribution in [0.2, 0.25) is 0 Å². The number of carbonyl (C=O) groups excluding carboxylic acids is 1. The summed E-state index contributed by atoms with van der Waals surface area (Å²) >= 11 is 0. The maximum Gasteiger partial charge on any atom is 0.244 e. The third kappa shape index (κ3) is 2.26. The Labute approximate surface area is 129 Å². The van der Waals surface area contributed by atoms with Crippen molar-refractivity contribution in [2.24, 2.45) is 5.41 Å². The topological polar surface area (TPSA) is 47.4 Å². The van der Waals surface area contributed by atoms with E-state index in [-0.39, 0.29) is 11.3 Å². The van der Waals surface area contributed by atoms with Crippen molar-refractivity contribution in [3.63, 3.8) is 0 Å². The van der Waals surface area contributed by atoms with Crippen LogP contribution >= 0.6 is 0 Å². The Balaban J connectivity index is 1.39. The first-order valence-electron chi connectivity index (χ1n) is 7.62. The predicted octanol–water partition coefficient (Wildman–Crippen LogP) is 1.66. The number of benzene rings is 1. The van der Waals surface area contributed by atoms with E-state index in [0.717, 1.165) is 31.0 Å². The monoisotopic (exact) mass is 297 g/mol. The summed E-state index contributed by atoms with van der Waals surface area (Å²) < 4.78 is 7.58. The van der Waals surface area contributed by atoms with Gasteiger partial charge in [0.1, 0.15) is 12.3 Å². The molecule has 1 fully saturated rings. The van der Waals surface area contributed by atoms with Gasteiger partial charge in [0, 0.05) is 24.7 Å². The highest BCUT2D eigenvalue weighted by atomic mass is 16.5. The molecule has 1 spiro atoms. The summed E-state index contributed by atoms with van der Waals surface area (Å²) in [6, 6.07) is 10.1. The predicted molar refractivity (Wildman–Crippen MR) is 81.6 cm³/mol. The van der Waals surface area contributed by atoms with Crippen molar-refractivity contribution in [3.8, 4) is 5.75 Å². The van der Waals surface area contributed by atoms with Crippen molar-refractivity contribution < 1.29 is 9.53 Å². The lowest BCUT2D eigenvalue weighted by molar-refractivity contribution is -0.147. The molecule has 2 aliphatic heterocycles. The Kier molecular flexibility index (Phi) is 2.96. The fourth-order valence-corrected chi connectivity index (χ4v) is 3.41.